The first-order chi connectivity index (χ1) is 9.06. The Bertz CT molecular complexity index is 640. The average Bonchev–Trinajstić information content (AvgIpc) is 2.75. The molecule has 7 heteroatoms. The summed E-state index contributed by atoms with van der Waals surface area (Å²) in [6.45, 7) is 1.91. The van der Waals surface area contributed by atoms with Crippen LogP contribution in [0.25, 0.3) is 0 Å². The molecule has 1 heterocycles. The van der Waals surface area contributed by atoms with Crippen molar-refractivity contribution >= 4 is 44.6 Å². The van der Waals surface area contributed by atoms with Crippen LogP contribution < -0.4 is 5.43 Å². The molecule has 0 radical (unpaired) electrons. The van der Waals surface area contributed by atoms with E-state index < -0.39 is 5.97 Å². The zero-order valence-corrected chi connectivity index (χ0v) is 12.3. The monoisotopic (exact) mass is 339 g/mol. The van der Waals surface area contributed by atoms with E-state index in [0.717, 1.165) is 16.4 Å². The van der Waals surface area contributed by atoms with Gasteiger partial charge < -0.3 is 5.11 Å². The first kappa shape index (κ1) is 13.7. The Morgan fingerprint density at radius 3 is 2.95 bits per heavy atom. The van der Waals surface area contributed by atoms with Crippen LogP contribution in [0.2, 0.25) is 0 Å². The molecule has 0 spiro atoms. The predicted molar refractivity (Wildman–Crippen MR) is 79.2 cm³/mol. The first-order valence-electron chi connectivity index (χ1n) is 5.30. The topological polar surface area (TPSA) is 74.6 Å². The van der Waals surface area contributed by atoms with E-state index in [1.165, 1.54) is 17.4 Å². The molecule has 0 aliphatic rings. The summed E-state index contributed by atoms with van der Waals surface area (Å²) in [4.78, 5) is 15.1. The highest BCUT2D eigenvalue weighted by Gasteiger charge is 2.07. The summed E-state index contributed by atoms with van der Waals surface area (Å²) in [5, 5.41) is 15.6. The minimum absolute atomic E-state index is 0.223. The second-order valence-electron chi connectivity index (χ2n) is 3.71. The summed E-state index contributed by atoms with van der Waals surface area (Å²) in [5.74, 6) is -0.966. The SMILES string of the molecule is Cc1csc(NN=Cc2ccc(C(=O)O)c(Br)c2)n1. The minimum Gasteiger partial charge on any atom is -0.478 e. The summed E-state index contributed by atoms with van der Waals surface area (Å²) >= 11 is 4.69. The van der Waals surface area contributed by atoms with Gasteiger partial charge in [-0.25, -0.2) is 9.78 Å². The molecule has 1 aromatic carbocycles. The summed E-state index contributed by atoms with van der Waals surface area (Å²) in [6.07, 6.45) is 1.60. The van der Waals surface area contributed by atoms with E-state index in [4.69, 9.17) is 5.11 Å². The second kappa shape index (κ2) is 5.94. The lowest BCUT2D eigenvalue weighted by atomic mass is 10.1. The van der Waals surface area contributed by atoms with E-state index in [9.17, 15) is 4.79 Å². The fourth-order valence-corrected chi connectivity index (χ4v) is 2.56. The van der Waals surface area contributed by atoms with Crippen LogP contribution in [0.3, 0.4) is 0 Å². The van der Waals surface area contributed by atoms with E-state index in [1.807, 2.05) is 12.3 Å². The number of aromatic nitrogens is 1. The number of benzene rings is 1. The Morgan fingerprint density at radius 2 is 2.37 bits per heavy atom. The van der Waals surface area contributed by atoms with Crippen LogP contribution in [-0.2, 0) is 0 Å². The quantitative estimate of drug-likeness (QED) is 0.661. The number of carboxylic acid groups (broad SMARTS) is 1. The van der Waals surface area contributed by atoms with Crippen molar-refractivity contribution in [3.05, 3.63) is 44.9 Å². The third-order valence-corrected chi connectivity index (χ3v) is 3.74. The summed E-state index contributed by atoms with van der Waals surface area (Å²) in [5.41, 5.74) is 4.77. The van der Waals surface area contributed by atoms with Gasteiger partial charge in [0.05, 0.1) is 17.5 Å². The summed E-state index contributed by atoms with van der Waals surface area (Å²) in [6, 6.07) is 4.91. The molecule has 0 saturated carbocycles. The molecule has 2 N–H and O–H groups in total. The number of nitrogens with zero attached hydrogens (tertiary/aromatic N) is 2. The van der Waals surface area contributed by atoms with Crippen LogP contribution in [0.5, 0.6) is 0 Å². The van der Waals surface area contributed by atoms with Crippen molar-refractivity contribution in [2.24, 2.45) is 5.10 Å². The van der Waals surface area contributed by atoms with E-state index in [1.54, 1.807) is 18.3 Å². The van der Waals surface area contributed by atoms with Gasteiger partial charge in [0.15, 0.2) is 0 Å². The first-order valence-corrected chi connectivity index (χ1v) is 6.97. The van der Waals surface area contributed by atoms with Gasteiger partial charge in [-0.15, -0.1) is 11.3 Å². The number of thiazole rings is 1. The Labute approximate surface area is 122 Å². The number of carboxylic acids is 1. The molecule has 0 fully saturated rings. The van der Waals surface area contributed by atoms with Gasteiger partial charge in [-0.3, -0.25) is 5.43 Å². The molecule has 0 saturated heterocycles. The van der Waals surface area contributed by atoms with Gasteiger partial charge in [-0.2, -0.15) is 5.10 Å². The Kier molecular flexibility index (Phi) is 4.28. The minimum atomic E-state index is -0.966. The molecule has 0 bridgehead atoms. The number of hydrogen-bond donors (Lipinski definition) is 2. The van der Waals surface area contributed by atoms with E-state index >= 15 is 0 Å². The van der Waals surface area contributed by atoms with Crippen molar-refractivity contribution in [3.8, 4) is 0 Å². The molecule has 2 rings (SSSR count). The highest BCUT2D eigenvalue weighted by molar-refractivity contribution is 9.10. The maximum atomic E-state index is 10.9. The molecule has 1 aromatic heterocycles. The van der Waals surface area contributed by atoms with Gasteiger partial charge in [-0.05, 0) is 40.5 Å². The molecule has 0 aliphatic heterocycles. The van der Waals surface area contributed by atoms with Crippen molar-refractivity contribution in [2.75, 3.05) is 5.43 Å². The van der Waals surface area contributed by atoms with Crippen LogP contribution in [-0.4, -0.2) is 22.3 Å². The fraction of sp³-hybridized carbons (Fsp3) is 0.0833. The Balaban J connectivity index is 2.07. The summed E-state index contributed by atoms with van der Waals surface area (Å²) in [7, 11) is 0. The van der Waals surface area contributed by atoms with Gasteiger partial charge in [0, 0.05) is 9.85 Å². The van der Waals surface area contributed by atoms with Crippen LogP contribution in [0.15, 0.2) is 33.2 Å². The molecule has 0 amide bonds. The number of anilines is 1. The lowest BCUT2D eigenvalue weighted by molar-refractivity contribution is 0.0696. The van der Waals surface area contributed by atoms with Crippen molar-refractivity contribution in [1.29, 1.82) is 0 Å². The molecule has 5 nitrogen and oxygen atoms in total. The van der Waals surface area contributed by atoms with Gasteiger partial charge in [0.2, 0.25) is 5.13 Å². The zero-order valence-electron chi connectivity index (χ0n) is 9.92. The standard InChI is InChI=1S/C12H10BrN3O2S/c1-7-6-19-12(15-7)16-14-5-8-2-3-9(11(17)18)10(13)4-8/h2-6H,1H3,(H,15,16)(H,17,18). The van der Waals surface area contributed by atoms with Crippen molar-refractivity contribution in [1.82, 2.24) is 4.98 Å². The van der Waals surface area contributed by atoms with E-state index in [0.29, 0.717) is 4.47 Å². The van der Waals surface area contributed by atoms with Crippen LogP contribution >= 0.6 is 27.3 Å². The average molecular weight is 340 g/mol. The van der Waals surface area contributed by atoms with Gasteiger partial charge >= 0.3 is 5.97 Å². The van der Waals surface area contributed by atoms with Gasteiger partial charge in [0.25, 0.3) is 0 Å². The maximum absolute atomic E-state index is 10.9. The van der Waals surface area contributed by atoms with Gasteiger partial charge in [0.1, 0.15) is 0 Å². The van der Waals surface area contributed by atoms with E-state index in [-0.39, 0.29) is 5.56 Å². The molecule has 2 aromatic rings. The number of rotatable bonds is 4. The molecular formula is C12H10BrN3O2S. The molecule has 0 unspecified atom stereocenters. The number of hydrogen-bond acceptors (Lipinski definition) is 5. The number of nitrogens with one attached hydrogen (secondary N) is 1. The number of aromatic carboxylic acids is 1. The van der Waals surface area contributed by atoms with Crippen LogP contribution in [0.1, 0.15) is 21.6 Å². The lowest BCUT2D eigenvalue weighted by Crippen LogP contribution is -1.98. The number of carbonyl (C=O) groups is 1. The van der Waals surface area contributed by atoms with Crippen molar-refractivity contribution in [2.45, 2.75) is 6.92 Å². The lowest BCUT2D eigenvalue weighted by Gasteiger charge is -2.00. The van der Waals surface area contributed by atoms with Crippen LogP contribution in [0.4, 0.5) is 5.13 Å². The highest BCUT2D eigenvalue weighted by Crippen LogP contribution is 2.18. The zero-order chi connectivity index (χ0) is 13.8. The molecule has 0 atom stereocenters. The third-order valence-electron chi connectivity index (χ3n) is 2.22. The number of hydrazone groups is 1. The Morgan fingerprint density at radius 1 is 1.58 bits per heavy atom. The van der Waals surface area contributed by atoms with E-state index in [2.05, 4.69) is 31.4 Å². The third kappa shape index (κ3) is 3.62. The largest absolute Gasteiger partial charge is 0.478 e. The normalized spacial score (nSPS) is 10.8. The predicted octanol–water partition coefficient (Wildman–Crippen LogP) is 3.36. The van der Waals surface area contributed by atoms with Gasteiger partial charge in [-0.1, -0.05) is 6.07 Å². The fourth-order valence-electron chi connectivity index (χ4n) is 1.35. The second-order valence-corrected chi connectivity index (χ2v) is 5.42. The molecule has 0 aliphatic carbocycles. The van der Waals surface area contributed by atoms with Crippen LogP contribution in [0, 0.1) is 6.92 Å². The Hall–Kier alpha value is -1.73. The van der Waals surface area contributed by atoms with Crippen molar-refractivity contribution < 1.29 is 9.90 Å². The molecule has 19 heavy (non-hydrogen) atoms. The smallest absolute Gasteiger partial charge is 0.336 e. The maximum Gasteiger partial charge on any atom is 0.336 e. The number of halogens is 1. The highest BCUT2D eigenvalue weighted by atomic mass is 79.9. The molecular weight excluding hydrogens is 330 g/mol. The van der Waals surface area contributed by atoms with Crippen molar-refractivity contribution in [3.63, 3.8) is 0 Å². The molecule has 98 valence electrons. The number of aryl methyl sites for hydroxylation is 1. The summed E-state index contributed by atoms with van der Waals surface area (Å²) < 4.78 is 0.522.